The van der Waals surface area contributed by atoms with Crippen molar-refractivity contribution in [2.24, 2.45) is 7.05 Å². The van der Waals surface area contributed by atoms with Gasteiger partial charge in [0.05, 0.1) is 6.20 Å². The number of hydrogen-bond acceptors (Lipinski definition) is 3. The van der Waals surface area contributed by atoms with Gasteiger partial charge in [-0.1, -0.05) is 18.5 Å². The molecule has 0 aliphatic carbocycles. The van der Waals surface area contributed by atoms with Gasteiger partial charge in [0.1, 0.15) is 15.5 Å². The van der Waals surface area contributed by atoms with E-state index in [1.54, 1.807) is 24.0 Å². The van der Waals surface area contributed by atoms with E-state index in [9.17, 15) is 0 Å². The van der Waals surface area contributed by atoms with Crippen molar-refractivity contribution in [1.82, 2.24) is 14.5 Å². The van der Waals surface area contributed by atoms with Gasteiger partial charge in [0, 0.05) is 11.9 Å². The summed E-state index contributed by atoms with van der Waals surface area (Å²) in [4.78, 5) is 9.82. The Morgan fingerprint density at radius 1 is 1.47 bits per heavy atom. The van der Waals surface area contributed by atoms with Gasteiger partial charge in [-0.3, -0.25) is 0 Å². The minimum Gasteiger partial charge on any atom is -0.321 e. The largest absolute Gasteiger partial charge is 0.321 e. The number of hydrogen-bond donors (Lipinski definition) is 0. The highest BCUT2D eigenvalue weighted by atomic mass is 79.9. The lowest BCUT2D eigenvalue weighted by atomic mass is 10.3. The van der Waals surface area contributed by atoms with Crippen molar-refractivity contribution in [3.8, 4) is 11.5 Å². The minimum absolute atomic E-state index is 0.486. The molecule has 0 bridgehead atoms. The molecule has 0 radical (unpaired) electrons. The van der Waals surface area contributed by atoms with Gasteiger partial charge in [-0.25, -0.2) is 9.97 Å². The highest BCUT2D eigenvalue weighted by Gasteiger charge is 2.14. The summed E-state index contributed by atoms with van der Waals surface area (Å²) in [5.74, 6) is 1.80. The highest BCUT2D eigenvalue weighted by Crippen LogP contribution is 2.31. The van der Waals surface area contributed by atoms with Crippen LogP contribution < -0.4 is 0 Å². The van der Waals surface area contributed by atoms with Crippen LogP contribution in [0.25, 0.3) is 11.5 Å². The molecule has 0 saturated heterocycles. The molecule has 2 aromatic heterocycles. The van der Waals surface area contributed by atoms with Gasteiger partial charge < -0.3 is 4.57 Å². The summed E-state index contributed by atoms with van der Waals surface area (Å²) in [5, 5.41) is 0.486. The molecule has 2 aromatic rings. The SMILES string of the molecule is CCSc1ccc(Cl)nc1-c1ncc(Br)n1C. The zero-order valence-electron chi connectivity index (χ0n) is 9.44. The second kappa shape index (κ2) is 5.42. The van der Waals surface area contributed by atoms with Crippen LogP contribution in [0, 0.1) is 0 Å². The second-order valence-electron chi connectivity index (χ2n) is 3.38. The number of nitrogens with zero attached hydrogens (tertiary/aromatic N) is 3. The molecule has 0 aliphatic heterocycles. The average Bonchev–Trinajstić information content (AvgIpc) is 2.63. The molecule has 2 heterocycles. The van der Waals surface area contributed by atoms with Crippen LogP contribution in [-0.4, -0.2) is 20.3 Å². The lowest BCUT2D eigenvalue weighted by molar-refractivity contribution is 0.890. The molecule has 90 valence electrons. The van der Waals surface area contributed by atoms with Crippen molar-refractivity contribution in [2.45, 2.75) is 11.8 Å². The van der Waals surface area contributed by atoms with E-state index in [1.807, 2.05) is 17.7 Å². The smallest absolute Gasteiger partial charge is 0.160 e. The van der Waals surface area contributed by atoms with Crippen molar-refractivity contribution in [2.75, 3.05) is 5.75 Å². The van der Waals surface area contributed by atoms with Crippen LogP contribution in [-0.2, 0) is 7.05 Å². The van der Waals surface area contributed by atoms with E-state index in [0.29, 0.717) is 5.15 Å². The molecule has 6 heteroatoms. The molecule has 0 aliphatic rings. The molecule has 17 heavy (non-hydrogen) atoms. The Labute approximate surface area is 118 Å². The zero-order valence-corrected chi connectivity index (χ0v) is 12.6. The molecule has 0 unspecified atom stereocenters. The average molecular weight is 333 g/mol. The van der Waals surface area contributed by atoms with E-state index in [2.05, 4.69) is 32.8 Å². The first kappa shape index (κ1) is 12.9. The molecule has 0 atom stereocenters. The molecule has 0 spiro atoms. The summed E-state index contributed by atoms with van der Waals surface area (Å²) < 4.78 is 2.86. The van der Waals surface area contributed by atoms with Gasteiger partial charge in [-0.15, -0.1) is 11.8 Å². The van der Waals surface area contributed by atoms with Gasteiger partial charge in [-0.2, -0.15) is 0 Å². The van der Waals surface area contributed by atoms with Gasteiger partial charge in [0.15, 0.2) is 5.82 Å². The van der Waals surface area contributed by atoms with Crippen molar-refractivity contribution in [1.29, 1.82) is 0 Å². The Bertz CT molecular complexity index is 542. The summed E-state index contributed by atoms with van der Waals surface area (Å²) in [6.07, 6.45) is 1.76. The van der Waals surface area contributed by atoms with Crippen LogP contribution in [0.2, 0.25) is 5.15 Å². The quantitative estimate of drug-likeness (QED) is 0.628. The first-order valence-electron chi connectivity index (χ1n) is 5.10. The Hall–Kier alpha value is -0.520. The topological polar surface area (TPSA) is 30.7 Å². The van der Waals surface area contributed by atoms with E-state index in [-0.39, 0.29) is 0 Å². The van der Waals surface area contributed by atoms with Crippen molar-refractivity contribution in [3.05, 3.63) is 28.1 Å². The third-order valence-electron chi connectivity index (χ3n) is 2.27. The number of aromatic nitrogens is 3. The van der Waals surface area contributed by atoms with Gasteiger partial charge in [0.25, 0.3) is 0 Å². The van der Waals surface area contributed by atoms with Crippen molar-refractivity contribution in [3.63, 3.8) is 0 Å². The predicted octanol–water partition coefficient (Wildman–Crippen LogP) is 4.01. The molecule has 0 amide bonds. The number of pyridine rings is 1. The van der Waals surface area contributed by atoms with Crippen LogP contribution in [0.1, 0.15) is 6.92 Å². The molecule has 2 rings (SSSR count). The maximum Gasteiger partial charge on any atom is 0.160 e. The van der Waals surface area contributed by atoms with Crippen molar-refractivity contribution < 1.29 is 0 Å². The number of thioether (sulfide) groups is 1. The van der Waals surface area contributed by atoms with Gasteiger partial charge in [-0.05, 0) is 33.8 Å². The zero-order chi connectivity index (χ0) is 12.4. The van der Waals surface area contributed by atoms with Crippen LogP contribution in [0.15, 0.2) is 27.8 Å². The first-order chi connectivity index (χ1) is 8.13. The van der Waals surface area contributed by atoms with E-state index in [4.69, 9.17) is 11.6 Å². The lowest BCUT2D eigenvalue weighted by Crippen LogP contribution is -1.97. The molecular weight excluding hydrogens is 322 g/mol. The van der Waals surface area contributed by atoms with E-state index in [0.717, 1.165) is 26.8 Å². The van der Waals surface area contributed by atoms with Crippen LogP contribution in [0.5, 0.6) is 0 Å². The summed E-state index contributed by atoms with van der Waals surface area (Å²) in [5.41, 5.74) is 0.831. The lowest BCUT2D eigenvalue weighted by Gasteiger charge is -2.08. The van der Waals surface area contributed by atoms with E-state index in [1.165, 1.54) is 0 Å². The summed E-state index contributed by atoms with van der Waals surface area (Å²) in [7, 11) is 1.94. The Morgan fingerprint density at radius 2 is 2.24 bits per heavy atom. The van der Waals surface area contributed by atoms with Crippen LogP contribution >= 0.6 is 39.3 Å². The predicted molar refractivity (Wildman–Crippen MR) is 75.5 cm³/mol. The summed E-state index contributed by atoms with van der Waals surface area (Å²) >= 11 is 11.1. The van der Waals surface area contributed by atoms with Gasteiger partial charge >= 0.3 is 0 Å². The molecule has 0 N–H and O–H groups in total. The summed E-state index contributed by atoms with van der Waals surface area (Å²) in [6.45, 7) is 2.11. The highest BCUT2D eigenvalue weighted by molar-refractivity contribution is 9.10. The minimum atomic E-state index is 0.486. The third-order valence-corrected chi connectivity index (χ3v) is 4.14. The Kier molecular flexibility index (Phi) is 4.12. The van der Waals surface area contributed by atoms with Crippen LogP contribution in [0.4, 0.5) is 0 Å². The van der Waals surface area contributed by atoms with Crippen molar-refractivity contribution >= 4 is 39.3 Å². The monoisotopic (exact) mass is 331 g/mol. The summed E-state index contributed by atoms with van der Waals surface area (Å²) in [6, 6.07) is 3.79. The number of rotatable bonds is 3. The molecule has 3 nitrogen and oxygen atoms in total. The fourth-order valence-electron chi connectivity index (χ4n) is 1.46. The normalized spacial score (nSPS) is 10.8. The Balaban J connectivity index is 2.56. The fourth-order valence-corrected chi connectivity index (χ4v) is 2.63. The number of halogens is 2. The van der Waals surface area contributed by atoms with Gasteiger partial charge in [0.2, 0.25) is 0 Å². The second-order valence-corrected chi connectivity index (χ2v) is 5.88. The third kappa shape index (κ3) is 2.67. The van der Waals surface area contributed by atoms with E-state index < -0.39 is 0 Å². The maximum atomic E-state index is 5.96. The number of imidazole rings is 1. The Morgan fingerprint density at radius 3 is 2.82 bits per heavy atom. The molecule has 0 fully saturated rings. The maximum absolute atomic E-state index is 5.96. The standard InChI is InChI=1S/C11H11BrClN3S/c1-3-17-7-4-5-9(13)15-10(7)11-14-6-8(12)16(11)2/h4-6H,3H2,1-2H3. The molecule has 0 aromatic carbocycles. The van der Waals surface area contributed by atoms with E-state index >= 15 is 0 Å². The molecular formula is C11H11BrClN3S. The molecule has 0 saturated carbocycles. The fraction of sp³-hybridized carbons (Fsp3) is 0.273. The first-order valence-corrected chi connectivity index (χ1v) is 7.26. The van der Waals surface area contributed by atoms with Crippen LogP contribution in [0.3, 0.4) is 0 Å².